The highest BCUT2D eigenvalue weighted by atomic mass is 32.1. The van der Waals surface area contributed by atoms with Gasteiger partial charge in [0.25, 0.3) is 0 Å². The number of fused-ring (bicyclic) bond motifs is 1. The van der Waals surface area contributed by atoms with Crippen LogP contribution in [0.15, 0.2) is 54.9 Å². The highest BCUT2D eigenvalue weighted by Crippen LogP contribution is 2.23. The molecule has 1 heterocycles. The molecule has 0 unspecified atom stereocenters. The molecule has 0 fully saturated rings. The molecular weight excluding hydrogens is 254 g/mol. The first-order chi connectivity index (χ1) is 9.25. The molecule has 0 spiro atoms. The smallest absolute Gasteiger partial charge is 0.183 e. The number of hydrogen-bond acceptors (Lipinski definition) is 2. The lowest BCUT2D eigenvalue weighted by atomic mass is 10.1. The number of nitrogens with one attached hydrogen (secondary N) is 1. The number of aryl methyl sites for hydroxylation is 1. The lowest BCUT2D eigenvalue weighted by Crippen LogP contribution is -2.19. The second kappa shape index (κ2) is 4.82. The zero-order valence-electron chi connectivity index (χ0n) is 10.5. The molecule has 0 bridgehead atoms. The first-order valence-electron chi connectivity index (χ1n) is 6.05. The molecule has 0 radical (unpaired) electrons. The van der Waals surface area contributed by atoms with Gasteiger partial charge < -0.3 is 5.32 Å². The molecule has 0 amide bonds. The highest BCUT2D eigenvalue weighted by molar-refractivity contribution is 7.80. The van der Waals surface area contributed by atoms with E-state index in [1.165, 1.54) is 5.39 Å². The van der Waals surface area contributed by atoms with Gasteiger partial charge in [-0.15, -0.1) is 0 Å². The third kappa shape index (κ3) is 2.22. The van der Waals surface area contributed by atoms with E-state index >= 15 is 0 Å². The quantitative estimate of drug-likeness (QED) is 0.683. The van der Waals surface area contributed by atoms with Gasteiger partial charge >= 0.3 is 0 Å². The fourth-order valence-corrected chi connectivity index (χ4v) is 2.41. The van der Waals surface area contributed by atoms with Crippen molar-refractivity contribution in [3.8, 4) is 0 Å². The molecule has 3 rings (SSSR count). The predicted octanol–water partition coefficient (Wildman–Crippen LogP) is 3.59. The monoisotopic (exact) mass is 267 g/mol. The Morgan fingerprint density at radius 3 is 2.74 bits per heavy atom. The first kappa shape index (κ1) is 11.9. The molecule has 0 saturated heterocycles. The van der Waals surface area contributed by atoms with Gasteiger partial charge in [-0.3, -0.25) is 4.57 Å². The van der Waals surface area contributed by atoms with E-state index in [0.717, 1.165) is 16.9 Å². The molecule has 2 aromatic carbocycles. The van der Waals surface area contributed by atoms with Gasteiger partial charge in [-0.2, -0.15) is 0 Å². The van der Waals surface area contributed by atoms with Crippen molar-refractivity contribution in [3.05, 3.63) is 60.7 Å². The van der Waals surface area contributed by atoms with Crippen LogP contribution in [0.4, 0.5) is 5.69 Å². The molecule has 0 aliphatic heterocycles. The first-order valence-corrected chi connectivity index (χ1v) is 6.45. The number of rotatable bonds is 1. The molecule has 4 heteroatoms. The van der Waals surface area contributed by atoms with E-state index in [0.29, 0.717) is 5.11 Å². The summed E-state index contributed by atoms with van der Waals surface area (Å²) in [4.78, 5) is 4.18. The van der Waals surface area contributed by atoms with Gasteiger partial charge in [0.15, 0.2) is 5.11 Å². The molecule has 19 heavy (non-hydrogen) atoms. The van der Waals surface area contributed by atoms with Gasteiger partial charge in [0.1, 0.15) is 5.82 Å². The number of thiocarbonyl (C=S) groups is 1. The number of benzene rings is 2. The lowest BCUT2D eigenvalue weighted by molar-refractivity contribution is 1.04. The van der Waals surface area contributed by atoms with Crippen molar-refractivity contribution in [3.63, 3.8) is 0 Å². The average molecular weight is 267 g/mol. The minimum atomic E-state index is 0.631. The van der Waals surface area contributed by atoms with E-state index in [1.807, 2.05) is 42.0 Å². The van der Waals surface area contributed by atoms with Gasteiger partial charge in [0.2, 0.25) is 0 Å². The average Bonchev–Trinajstić information content (AvgIpc) is 2.85. The van der Waals surface area contributed by atoms with Crippen molar-refractivity contribution >= 4 is 33.8 Å². The Hall–Kier alpha value is -2.20. The molecule has 0 aliphatic carbocycles. The normalized spacial score (nSPS) is 10.6. The van der Waals surface area contributed by atoms with Crippen LogP contribution in [0.3, 0.4) is 0 Å². The molecule has 0 atom stereocenters. The van der Waals surface area contributed by atoms with Crippen LogP contribution in [-0.2, 0) is 0 Å². The summed E-state index contributed by atoms with van der Waals surface area (Å²) < 4.78 is 1.86. The zero-order valence-corrected chi connectivity index (χ0v) is 11.3. The largest absolute Gasteiger partial charge is 0.331 e. The van der Waals surface area contributed by atoms with Crippen LogP contribution in [-0.4, -0.2) is 14.7 Å². The fourth-order valence-electron chi connectivity index (χ4n) is 2.10. The van der Waals surface area contributed by atoms with Crippen LogP contribution in [0.2, 0.25) is 0 Å². The number of anilines is 1. The SMILES string of the molecule is Cc1nccn1C(=S)Nc1cccc2ccccc12. The maximum atomic E-state index is 5.42. The fraction of sp³-hybridized carbons (Fsp3) is 0.0667. The highest BCUT2D eigenvalue weighted by Gasteiger charge is 2.05. The van der Waals surface area contributed by atoms with E-state index in [4.69, 9.17) is 12.2 Å². The maximum absolute atomic E-state index is 5.42. The summed E-state index contributed by atoms with van der Waals surface area (Å²) in [5.41, 5.74) is 1.01. The van der Waals surface area contributed by atoms with Crippen LogP contribution in [0.25, 0.3) is 10.8 Å². The Bertz CT molecular complexity index is 740. The number of nitrogens with zero attached hydrogens (tertiary/aromatic N) is 2. The second-order valence-electron chi connectivity index (χ2n) is 4.30. The van der Waals surface area contributed by atoms with Crippen LogP contribution < -0.4 is 5.32 Å². The van der Waals surface area contributed by atoms with Crippen molar-refractivity contribution in [1.29, 1.82) is 0 Å². The minimum absolute atomic E-state index is 0.631. The molecular formula is C15H13N3S. The van der Waals surface area contributed by atoms with Gasteiger partial charge in [-0.25, -0.2) is 4.98 Å². The van der Waals surface area contributed by atoms with E-state index in [9.17, 15) is 0 Å². The van der Waals surface area contributed by atoms with Crippen molar-refractivity contribution < 1.29 is 0 Å². The van der Waals surface area contributed by atoms with Crippen LogP contribution in [0, 0.1) is 6.92 Å². The van der Waals surface area contributed by atoms with E-state index < -0.39 is 0 Å². The number of imidazole rings is 1. The summed E-state index contributed by atoms with van der Waals surface area (Å²) in [5, 5.41) is 6.26. The third-order valence-electron chi connectivity index (χ3n) is 3.08. The maximum Gasteiger partial charge on any atom is 0.183 e. The van der Waals surface area contributed by atoms with Crippen molar-refractivity contribution in [1.82, 2.24) is 9.55 Å². The standard InChI is InChI=1S/C15H13N3S/c1-11-16-9-10-18(11)15(19)17-14-8-4-6-12-5-2-3-7-13(12)14/h2-10H,1H3,(H,17,19). The van der Waals surface area contributed by atoms with Gasteiger partial charge in [-0.05, 0) is 30.6 Å². The molecule has 3 aromatic rings. The van der Waals surface area contributed by atoms with Crippen LogP contribution in [0.5, 0.6) is 0 Å². The van der Waals surface area contributed by atoms with Gasteiger partial charge in [-0.1, -0.05) is 36.4 Å². The third-order valence-corrected chi connectivity index (χ3v) is 3.37. The van der Waals surface area contributed by atoms with Gasteiger partial charge in [0.05, 0.1) is 0 Å². The molecule has 1 aromatic heterocycles. The van der Waals surface area contributed by atoms with Crippen LogP contribution in [0.1, 0.15) is 5.82 Å². The molecule has 0 aliphatic rings. The van der Waals surface area contributed by atoms with Crippen LogP contribution >= 0.6 is 12.2 Å². The number of aromatic nitrogens is 2. The van der Waals surface area contributed by atoms with E-state index in [-0.39, 0.29) is 0 Å². The minimum Gasteiger partial charge on any atom is -0.331 e. The van der Waals surface area contributed by atoms with E-state index in [1.54, 1.807) is 6.20 Å². The summed E-state index contributed by atoms with van der Waals surface area (Å²) in [6.45, 7) is 1.93. The predicted molar refractivity (Wildman–Crippen MR) is 82.5 cm³/mol. The Balaban J connectivity index is 1.98. The van der Waals surface area contributed by atoms with Crippen molar-refractivity contribution in [2.75, 3.05) is 5.32 Å². The molecule has 0 saturated carbocycles. The summed E-state index contributed by atoms with van der Waals surface area (Å²) in [7, 11) is 0. The Morgan fingerprint density at radius 1 is 1.16 bits per heavy atom. The second-order valence-corrected chi connectivity index (χ2v) is 4.69. The summed E-state index contributed by atoms with van der Waals surface area (Å²) in [6, 6.07) is 14.4. The number of hydrogen-bond donors (Lipinski definition) is 1. The molecule has 3 nitrogen and oxygen atoms in total. The molecule has 1 N–H and O–H groups in total. The summed E-state index contributed by atoms with van der Waals surface area (Å²) in [6.07, 6.45) is 3.60. The van der Waals surface area contributed by atoms with Gasteiger partial charge in [0, 0.05) is 23.5 Å². The van der Waals surface area contributed by atoms with Crippen molar-refractivity contribution in [2.24, 2.45) is 0 Å². The summed E-state index contributed by atoms with van der Waals surface area (Å²) >= 11 is 5.42. The zero-order chi connectivity index (χ0) is 13.2. The molecule has 94 valence electrons. The topological polar surface area (TPSA) is 29.9 Å². The lowest BCUT2D eigenvalue weighted by Gasteiger charge is -2.12. The Labute approximate surface area is 116 Å². The summed E-state index contributed by atoms with van der Waals surface area (Å²) in [5.74, 6) is 0.873. The Kier molecular flexibility index (Phi) is 3.01. The Morgan fingerprint density at radius 2 is 1.95 bits per heavy atom. The van der Waals surface area contributed by atoms with E-state index in [2.05, 4.69) is 28.5 Å². The van der Waals surface area contributed by atoms with Crippen molar-refractivity contribution in [2.45, 2.75) is 6.92 Å².